The van der Waals surface area contributed by atoms with Crippen molar-refractivity contribution in [3.8, 4) is 0 Å². The molecule has 0 heterocycles. The summed E-state index contributed by atoms with van der Waals surface area (Å²) >= 11 is 0. The Balaban J connectivity index is 2.24. The van der Waals surface area contributed by atoms with Gasteiger partial charge in [0.15, 0.2) is 0 Å². The second-order valence-electron chi connectivity index (χ2n) is 8.12. The molecule has 1 aromatic rings. The largest absolute Gasteiger partial charge is 0.325 e. The third-order valence-corrected chi connectivity index (χ3v) is 5.77. The molecule has 4 nitrogen and oxygen atoms in total. The number of hydrogen-bond donors (Lipinski definition) is 1. The van der Waals surface area contributed by atoms with E-state index in [-0.39, 0.29) is 4.90 Å². The molecule has 0 saturated heterocycles. The zero-order valence-corrected chi connectivity index (χ0v) is 17.7. The summed E-state index contributed by atoms with van der Waals surface area (Å²) in [7, 11) is 0.224. The van der Waals surface area contributed by atoms with Crippen molar-refractivity contribution in [2.75, 3.05) is 20.6 Å². The van der Waals surface area contributed by atoms with Crippen LogP contribution in [0, 0.1) is 0 Å². The van der Waals surface area contributed by atoms with Gasteiger partial charge in [-0.25, -0.2) is 0 Å². The first-order chi connectivity index (χ1) is 12.2. The number of hydrogen-bond acceptors (Lipinski definition) is 2. The third kappa shape index (κ3) is 10.3. The first-order valence-corrected chi connectivity index (χ1v) is 11.6. The molecule has 1 aromatic carbocycles. The van der Waals surface area contributed by atoms with Crippen LogP contribution in [0.3, 0.4) is 0 Å². The molecular weight excluding hydrogens is 346 g/mol. The van der Waals surface area contributed by atoms with Crippen molar-refractivity contribution in [3.63, 3.8) is 0 Å². The van der Waals surface area contributed by atoms with Crippen molar-refractivity contribution in [1.29, 1.82) is 0 Å². The Morgan fingerprint density at radius 2 is 1.42 bits per heavy atom. The summed E-state index contributed by atoms with van der Waals surface area (Å²) in [6, 6.07) is 6.63. The van der Waals surface area contributed by atoms with Crippen molar-refractivity contribution in [3.05, 3.63) is 29.8 Å². The second kappa shape index (κ2) is 11.7. The van der Waals surface area contributed by atoms with Gasteiger partial charge in [0.05, 0.1) is 25.5 Å². The fourth-order valence-corrected chi connectivity index (χ4v) is 3.96. The van der Waals surface area contributed by atoms with Crippen molar-refractivity contribution >= 4 is 10.1 Å². The molecule has 0 atom stereocenters. The molecule has 26 heavy (non-hydrogen) atoms. The van der Waals surface area contributed by atoms with Gasteiger partial charge in [0.25, 0.3) is 10.1 Å². The number of unbranched alkanes of at least 4 members (excludes halogenated alkanes) is 9. The van der Waals surface area contributed by atoms with Gasteiger partial charge in [0, 0.05) is 5.56 Å². The lowest BCUT2D eigenvalue weighted by molar-refractivity contribution is -0.903. The van der Waals surface area contributed by atoms with E-state index in [1.807, 2.05) is 6.07 Å². The Kier molecular flexibility index (Phi) is 10.4. The normalized spacial score (nSPS) is 12.5. The minimum Gasteiger partial charge on any atom is -0.325 e. The quantitative estimate of drug-likeness (QED) is 0.264. The van der Waals surface area contributed by atoms with E-state index in [9.17, 15) is 13.0 Å². The van der Waals surface area contributed by atoms with Crippen LogP contribution >= 0.6 is 0 Å². The minimum absolute atomic E-state index is 0.0195. The monoisotopic (exact) mass is 384 g/mol. The van der Waals surface area contributed by atoms with Crippen LogP contribution in [0.1, 0.15) is 76.7 Å². The lowest BCUT2D eigenvalue weighted by atomic mass is 10.1. The van der Waals surface area contributed by atoms with Crippen LogP contribution in [0.4, 0.5) is 0 Å². The highest BCUT2D eigenvalue weighted by Gasteiger charge is 2.17. The van der Waals surface area contributed by atoms with E-state index in [0.29, 0.717) is 0 Å². The van der Waals surface area contributed by atoms with Crippen molar-refractivity contribution in [1.82, 2.24) is 0 Å². The average molecular weight is 385 g/mol. The molecule has 5 heteroatoms. The van der Waals surface area contributed by atoms with Gasteiger partial charge in [-0.05, 0) is 25.0 Å². The van der Waals surface area contributed by atoms with Crippen LogP contribution in [-0.2, 0) is 16.7 Å². The molecule has 0 aromatic heterocycles. The Morgan fingerprint density at radius 1 is 0.885 bits per heavy atom. The van der Waals surface area contributed by atoms with Crippen molar-refractivity contribution in [2.45, 2.75) is 82.6 Å². The van der Waals surface area contributed by atoms with E-state index in [1.165, 1.54) is 70.3 Å². The van der Waals surface area contributed by atoms with Crippen molar-refractivity contribution in [2.24, 2.45) is 0 Å². The summed E-state index contributed by atoms with van der Waals surface area (Å²) in [4.78, 5) is -0.0195. The number of rotatable bonds is 14. The zero-order valence-electron chi connectivity index (χ0n) is 16.9. The molecule has 1 rings (SSSR count). The molecule has 0 unspecified atom stereocenters. The van der Waals surface area contributed by atoms with Gasteiger partial charge in [0.2, 0.25) is 0 Å². The molecule has 0 bridgehead atoms. The fourth-order valence-electron chi connectivity index (χ4n) is 3.40. The minimum atomic E-state index is -4.13. The van der Waals surface area contributed by atoms with Gasteiger partial charge in [0.1, 0.15) is 6.54 Å². The number of nitrogens with zero attached hydrogens (tertiary/aromatic N) is 1. The van der Waals surface area contributed by atoms with Crippen LogP contribution < -0.4 is 0 Å². The van der Waals surface area contributed by atoms with Gasteiger partial charge in [-0.2, -0.15) is 8.42 Å². The van der Waals surface area contributed by atoms with E-state index in [4.69, 9.17) is 0 Å². The number of benzene rings is 1. The second-order valence-corrected chi connectivity index (χ2v) is 9.54. The van der Waals surface area contributed by atoms with Crippen molar-refractivity contribution < 1.29 is 17.5 Å². The van der Waals surface area contributed by atoms with Crippen LogP contribution in [0.2, 0.25) is 0 Å². The van der Waals surface area contributed by atoms with E-state index >= 15 is 0 Å². The third-order valence-electron chi connectivity index (χ3n) is 4.92. The Bertz CT molecular complexity index is 611. The summed E-state index contributed by atoms with van der Waals surface area (Å²) < 4.78 is 32.6. The van der Waals surface area contributed by atoms with Crippen LogP contribution in [0.25, 0.3) is 0 Å². The summed E-state index contributed by atoms with van der Waals surface area (Å²) in [5, 5.41) is 0. The summed E-state index contributed by atoms with van der Waals surface area (Å²) in [5.41, 5.74) is 0.942. The molecule has 0 saturated carbocycles. The average Bonchev–Trinajstić information content (AvgIpc) is 2.55. The topological polar surface area (TPSA) is 54.4 Å². The fraction of sp³-hybridized carbons (Fsp3) is 0.714. The highest BCUT2D eigenvalue weighted by Crippen LogP contribution is 2.17. The van der Waals surface area contributed by atoms with Crippen LogP contribution in [0.15, 0.2) is 29.2 Å². The summed E-state index contributed by atoms with van der Waals surface area (Å²) in [6.45, 7) is 4.10. The predicted octanol–water partition coefficient (Wildman–Crippen LogP) is 5.43. The Labute approximate surface area is 161 Å². The molecular formula is C21H38NO3S+. The van der Waals surface area contributed by atoms with Crippen LogP contribution in [0.5, 0.6) is 0 Å². The first-order valence-electron chi connectivity index (χ1n) is 10.1. The Morgan fingerprint density at radius 3 is 1.96 bits per heavy atom. The first kappa shape index (κ1) is 23.1. The SMILES string of the molecule is CCCCCCCCCCCC[N+](C)(C)Cc1cccc(S(=O)(=O)O)c1. The molecule has 0 amide bonds. The van der Waals surface area contributed by atoms with E-state index in [2.05, 4.69) is 21.0 Å². The maximum absolute atomic E-state index is 11.3. The van der Waals surface area contributed by atoms with Gasteiger partial charge >= 0.3 is 0 Å². The number of quaternary nitrogens is 1. The molecule has 0 aliphatic heterocycles. The molecule has 150 valence electrons. The van der Waals surface area contributed by atoms with Gasteiger partial charge in [-0.3, -0.25) is 4.55 Å². The van der Waals surface area contributed by atoms with Gasteiger partial charge < -0.3 is 4.48 Å². The summed E-state index contributed by atoms with van der Waals surface area (Å²) in [5.74, 6) is 0. The van der Waals surface area contributed by atoms with E-state index in [0.717, 1.165) is 23.1 Å². The highest BCUT2D eigenvalue weighted by atomic mass is 32.2. The molecule has 1 N–H and O–H groups in total. The lowest BCUT2D eigenvalue weighted by Crippen LogP contribution is -2.39. The molecule has 0 aliphatic carbocycles. The molecule has 0 aliphatic rings. The summed E-state index contributed by atoms with van der Waals surface area (Å²) in [6.07, 6.45) is 13.3. The molecule has 0 fully saturated rings. The van der Waals surface area contributed by atoms with Crippen LogP contribution in [-0.4, -0.2) is 38.1 Å². The van der Waals surface area contributed by atoms with Gasteiger partial charge in [-0.1, -0.05) is 70.4 Å². The standard InChI is InChI=1S/C21H37NO3S/c1-4-5-6-7-8-9-10-11-12-13-17-22(2,3)19-20-15-14-16-21(18-20)26(23,24)25/h14-16,18H,4-13,17,19H2,1-3H3/p+1. The maximum atomic E-state index is 11.3. The van der Waals surface area contributed by atoms with Gasteiger partial charge in [-0.15, -0.1) is 0 Å². The van der Waals surface area contributed by atoms with E-state index in [1.54, 1.807) is 12.1 Å². The predicted molar refractivity (Wildman–Crippen MR) is 109 cm³/mol. The maximum Gasteiger partial charge on any atom is 0.294 e. The molecule has 0 spiro atoms. The Hall–Kier alpha value is -0.910. The molecule has 0 radical (unpaired) electrons. The zero-order chi connectivity index (χ0) is 19.5. The van der Waals surface area contributed by atoms with E-state index < -0.39 is 10.1 Å². The smallest absolute Gasteiger partial charge is 0.294 e. The highest BCUT2D eigenvalue weighted by molar-refractivity contribution is 7.85. The lowest BCUT2D eigenvalue weighted by Gasteiger charge is -2.30.